The van der Waals surface area contributed by atoms with E-state index in [0.717, 1.165) is 0 Å². The Hall–Kier alpha value is -2.22. The summed E-state index contributed by atoms with van der Waals surface area (Å²) in [6, 6.07) is 4.18. The Morgan fingerprint density at radius 1 is 1.38 bits per heavy atom. The molecule has 0 spiro atoms. The van der Waals surface area contributed by atoms with Crippen molar-refractivity contribution < 1.29 is 17.9 Å². The highest BCUT2D eigenvalue weighted by Gasteiger charge is 2.38. The number of nitrogens with zero attached hydrogens (tertiary/aromatic N) is 1. The first-order valence-corrected chi connectivity index (χ1v) is 5.97. The second-order valence-corrected chi connectivity index (χ2v) is 4.55. The molecule has 1 aromatic heterocycles. The van der Waals surface area contributed by atoms with Crippen molar-refractivity contribution in [2.24, 2.45) is 0 Å². The smallest absolute Gasteiger partial charge is 0.437 e. The highest BCUT2D eigenvalue weighted by molar-refractivity contribution is 6.31. The summed E-state index contributed by atoms with van der Waals surface area (Å²) in [5.41, 5.74) is 3.10. The first-order valence-electron chi connectivity index (χ1n) is 5.59. The van der Waals surface area contributed by atoms with Gasteiger partial charge in [0.1, 0.15) is 5.75 Å². The zero-order valence-corrected chi connectivity index (χ0v) is 11.3. The number of benzene rings is 1. The van der Waals surface area contributed by atoms with Gasteiger partial charge in [-0.15, -0.1) is 0 Å². The van der Waals surface area contributed by atoms with Crippen LogP contribution in [0.25, 0.3) is 0 Å². The number of rotatable bonds is 2. The maximum atomic E-state index is 12.9. The van der Waals surface area contributed by atoms with Crippen LogP contribution in [0.1, 0.15) is 11.3 Å². The van der Waals surface area contributed by atoms with Gasteiger partial charge in [0, 0.05) is 5.02 Å². The summed E-state index contributed by atoms with van der Waals surface area (Å²) in [5.74, 6) is -1.59. The van der Waals surface area contributed by atoms with E-state index in [1.165, 1.54) is 18.2 Å². The van der Waals surface area contributed by atoms with E-state index in [9.17, 15) is 18.0 Å². The summed E-state index contributed by atoms with van der Waals surface area (Å²) in [6.07, 6.45) is -4.88. The van der Waals surface area contributed by atoms with Gasteiger partial charge in [0.2, 0.25) is 11.7 Å². The molecule has 0 fully saturated rings. The number of nitrogens with two attached hydrogens (primary N) is 1. The molecule has 2 aromatic rings. The molecule has 0 aliphatic carbocycles. The molecular weight excluding hydrogens is 311 g/mol. The zero-order valence-electron chi connectivity index (χ0n) is 10.6. The van der Waals surface area contributed by atoms with E-state index >= 15 is 0 Å². The Bertz CT molecular complexity index is 744. The Labute approximate surface area is 121 Å². The lowest BCUT2D eigenvalue weighted by atomic mass is 10.2. The van der Waals surface area contributed by atoms with Gasteiger partial charge >= 0.3 is 6.18 Å². The zero-order chi connectivity index (χ0) is 15.8. The number of nitrogens with one attached hydrogen (secondary N) is 1. The average molecular weight is 320 g/mol. The molecule has 112 valence electrons. The summed E-state index contributed by atoms with van der Waals surface area (Å²) >= 11 is 5.81. The summed E-state index contributed by atoms with van der Waals surface area (Å²) in [7, 11) is 0. The number of aryl methyl sites for hydroxylation is 1. The number of aromatic amines is 1. The molecule has 21 heavy (non-hydrogen) atoms. The van der Waals surface area contributed by atoms with Crippen molar-refractivity contribution in [3.63, 3.8) is 0 Å². The van der Waals surface area contributed by atoms with Crippen molar-refractivity contribution in [2.45, 2.75) is 13.1 Å². The Balaban J connectivity index is 2.53. The van der Waals surface area contributed by atoms with Crippen molar-refractivity contribution in [3.8, 4) is 11.5 Å². The molecule has 0 saturated heterocycles. The van der Waals surface area contributed by atoms with E-state index in [0.29, 0.717) is 10.6 Å². The fourth-order valence-corrected chi connectivity index (χ4v) is 1.68. The molecule has 0 unspecified atom stereocenters. The molecule has 2 rings (SSSR count). The Morgan fingerprint density at radius 3 is 2.62 bits per heavy atom. The number of ether oxygens (including phenoxy) is 1. The lowest BCUT2D eigenvalue weighted by Crippen LogP contribution is -2.21. The van der Waals surface area contributed by atoms with Gasteiger partial charge in [-0.2, -0.15) is 13.2 Å². The normalized spacial score (nSPS) is 11.5. The van der Waals surface area contributed by atoms with Gasteiger partial charge in [-0.05, 0) is 30.7 Å². The molecule has 9 heteroatoms. The topological polar surface area (TPSA) is 81.0 Å². The minimum absolute atomic E-state index is 0.0273. The SMILES string of the molecule is Cc1cc(Oc2c(C(F)(F)F)nc(N)[nH]c2=O)ccc1Cl. The van der Waals surface area contributed by atoms with Crippen molar-refractivity contribution in [2.75, 3.05) is 5.73 Å². The number of halogens is 4. The lowest BCUT2D eigenvalue weighted by Gasteiger charge is -2.12. The average Bonchev–Trinajstić information content (AvgIpc) is 2.35. The van der Waals surface area contributed by atoms with Crippen LogP contribution in [-0.4, -0.2) is 9.97 Å². The van der Waals surface area contributed by atoms with Crippen LogP contribution < -0.4 is 16.0 Å². The minimum atomic E-state index is -4.88. The van der Waals surface area contributed by atoms with Crippen molar-refractivity contribution in [1.29, 1.82) is 0 Å². The standard InChI is InChI=1S/C12H9ClF3N3O2/c1-5-4-6(2-3-7(5)13)21-8-9(12(14,15)16)18-11(17)19-10(8)20/h2-4H,1H3,(H3,17,18,19,20). The van der Waals surface area contributed by atoms with Crippen LogP contribution in [0.2, 0.25) is 5.02 Å². The van der Waals surface area contributed by atoms with Gasteiger partial charge in [-0.1, -0.05) is 11.6 Å². The van der Waals surface area contributed by atoms with E-state index in [2.05, 4.69) is 4.98 Å². The van der Waals surface area contributed by atoms with Crippen LogP contribution in [0.5, 0.6) is 11.5 Å². The van der Waals surface area contributed by atoms with Crippen LogP contribution in [0.15, 0.2) is 23.0 Å². The number of aromatic nitrogens is 2. The highest BCUT2D eigenvalue weighted by Crippen LogP contribution is 2.35. The van der Waals surface area contributed by atoms with E-state index in [4.69, 9.17) is 22.1 Å². The molecule has 0 aliphatic rings. The maximum Gasteiger partial charge on any atom is 0.437 e. The second kappa shape index (κ2) is 5.28. The van der Waals surface area contributed by atoms with Gasteiger partial charge < -0.3 is 10.5 Å². The molecule has 0 atom stereocenters. The minimum Gasteiger partial charge on any atom is -0.449 e. The lowest BCUT2D eigenvalue weighted by molar-refractivity contribution is -0.142. The molecule has 5 nitrogen and oxygen atoms in total. The third kappa shape index (κ3) is 3.27. The molecule has 0 aliphatic heterocycles. The van der Waals surface area contributed by atoms with Crippen molar-refractivity contribution in [1.82, 2.24) is 9.97 Å². The largest absolute Gasteiger partial charge is 0.449 e. The van der Waals surface area contributed by atoms with Crippen molar-refractivity contribution >= 4 is 17.5 Å². The summed E-state index contributed by atoms with van der Waals surface area (Å²) in [4.78, 5) is 16.7. The second-order valence-electron chi connectivity index (χ2n) is 4.14. The summed E-state index contributed by atoms with van der Waals surface area (Å²) < 4.78 is 43.7. The fourth-order valence-electron chi connectivity index (χ4n) is 1.57. The number of hydrogen-bond acceptors (Lipinski definition) is 4. The summed E-state index contributed by atoms with van der Waals surface area (Å²) in [5, 5.41) is 0.419. The number of H-pyrrole nitrogens is 1. The molecule has 0 radical (unpaired) electrons. The first kappa shape index (κ1) is 15.2. The van der Waals surface area contributed by atoms with E-state index in [1.54, 1.807) is 6.92 Å². The van der Waals surface area contributed by atoms with Gasteiger partial charge in [-0.25, -0.2) is 4.98 Å². The van der Waals surface area contributed by atoms with Crippen molar-refractivity contribution in [3.05, 3.63) is 44.8 Å². The molecular formula is C12H9ClF3N3O2. The molecule has 0 amide bonds. The van der Waals surface area contributed by atoms with Gasteiger partial charge in [0.15, 0.2) is 5.69 Å². The molecule has 1 heterocycles. The maximum absolute atomic E-state index is 12.9. The van der Waals surface area contributed by atoms with Crippen LogP contribution in [-0.2, 0) is 6.18 Å². The van der Waals surface area contributed by atoms with Crippen LogP contribution in [0.4, 0.5) is 19.1 Å². The third-order valence-corrected chi connectivity index (χ3v) is 2.94. The van der Waals surface area contributed by atoms with Crippen LogP contribution >= 0.6 is 11.6 Å². The third-order valence-electron chi connectivity index (χ3n) is 2.51. The Kier molecular flexibility index (Phi) is 3.82. The predicted molar refractivity (Wildman–Crippen MR) is 70.5 cm³/mol. The number of nitrogen functional groups attached to an aromatic ring is 1. The summed E-state index contributed by atoms with van der Waals surface area (Å²) in [6.45, 7) is 1.64. The number of alkyl halides is 3. The highest BCUT2D eigenvalue weighted by atomic mass is 35.5. The Morgan fingerprint density at radius 2 is 2.05 bits per heavy atom. The fraction of sp³-hybridized carbons (Fsp3) is 0.167. The number of anilines is 1. The molecule has 0 bridgehead atoms. The van der Waals surface area contributed by atoms with Gasteiger partial charge in [-0.3, -0.25) is 9.78 Å². The van der Waals surface area contributed by atoms with Gasteiger partial charge in [0.05, 0.1) is 0 Å². The molecule has 3 N–H and O–H groups in total. The van der Waals surface area contributed by atoms with E-state index in [1.807, 2.05) is 4.98 Å². The van der Waals surface area contributed by atoms with Crippen LogP contribution in [0, 0.1) is 6.92 Å². The molecule has 1 aromatic carbocycles. The first-order chi connectivity index (χ1) is 9.68. The van der Waals surface area contributed by atoms with Crippen LogP contribution in [0.3, 0.4) is 0 Å². The number of hydrogen-bond donors (Lipinski definition) is 2. The van der Waals surface area contributed by atoms with E-state index < -0.39 is 29.1 Å². The van der Waals surface area contributed by atoms with E-state index in [-0.39, 0.29) is 5.75 Å². The molecule has 0 saturated carbocycles. The monoisotopic (exact) mass is 319 g/mol. The quantitative estimate of drug-likeness (QED) is 0.891. The predicted octanol–water partition coefficient (Wildman–Crippen LogP) is 3.13. The van der Waals surface area contributed by atoms with Gasteiger partial charge in [0.25, 0.3) is 5.56 Å².